The van der Waals surface area contributed by atoms with Gasteiger partial charge in [-0.1, -0.05) is 25.7 Å². The summed E-state index contributed by atoms with van der Waals surface area (Å²) >= 11 is 0. The van der Waals surface area contributed by atoms with Crippen molar-refractivity contribution in [2.75, 3.05) is 0 Å². The zero-order valence-corrected chi connectivity index (χ0v) is 23.8. The van der Waals surface area contributed by atoms with E-state index < -0.39 is 0 Å². The van der Waals surface area contributed by atoms with Gasteiger partial charge in [-0.25, -0.2) is 0 Å². The molecule has 4 heterocycles. The number of nitrogens with one attached hydrogen (secondary N) is 2. The zero-order chi connectivity index (χ0) is 26.2. The number of rotatable bonds is 11. The molecule has 4 saturated heterocycles. The zero-order valence-electron chi connectivity index (χ0n) is 23.8. The van der Waals surface area contributed by atoms with Gasteiger partial charge in [-0.2, -0.15) is 0 Å². The van der Waals surface area contributed by atoms with E-state index in [4.69, 9.17) is 9.47 Å². The smallest absolute Gasteiger partial charge is 0.306 e. The van der Waals surface area contributed by atoms with Gasteiger partial charge in [0.2, 0.25) is 0 Å². The van der Waals surface area contributed by atoms with Crippen molar-refractivity contribution in [3.8, 4) is 0 Å². The highest BCUT2D eigenvalue weighted by Gasteiger charge is 2.54. The van der Waals surface area contributed by atoms with Gasteiger partial charge in [0.25, 0.3) is 0 Å². The SMILES string of the molecule is CC12CCC(C(OC(=O)CCCCCCCCC(=O)OC3CC4(C)CCC3C(C)(C)N4)C1)C(C)(C)N2. The number of hydrogen-bond acceptors (Lipinski definition) is 6. The first-order valence-electron chi connectivity index (χ1n) is 14.8. The highest BCUT2D eigenvalue weighted by Crippen LogP contribution is 2.47. The minimum absolute atomic E-state index is 0.0293. The van der Waals surface area contributed by atoms with E-state index >= 15 is 0 Å². The van der Waals surface area contributed by atoms with Crippen molar-refractivity contribution in [2.45, 2.75) is 166 Å². The number of carbonyl (C=O) groups excluding carboxylic acids is 2. The molecule has 6 aliphatic rings. The number of hydrogen-bond donors (Lipinski definition) is 2. The number of unbranched alkanes of at least 4 members (excludes halogenated alkanes) is 5. The molecule has 0 aromatic carbocycles. The summed E-state index contributed by atoms with van der Waals surface area (Å²) in [6, 6.07) is 0. The summed E-state index contributed by atoms with van der Waals surface area (Å²) in [5, 5.41) is 7.53. The van der Waals surface area contributed by atoms with Crippen molar-refractivity contribution < 1.29 is 19.1 Å². The van der Waals surface area contributed by atoms with Crippen molar-refractivity contribution >= 4 is 11.9 Å². The predicted molar refractivity (Wildman–Crippen MR) is 143 cm³/mol. The second-order valence-electron chi connectivity index (χ2n) is 14.2. The van der Waals surface area contributed by atoms with Crippen LogP contribution in [0.25, 0.3) is 0 Å². The molecule has 0 radical (unpaired) electrons. The molecule has 6 fully saturated rings. The first-order valence-corrected chi connectivity index (χ1v) is 14.8. The molecule has 0 amide bonds. The molecule has 4 bridgehead atoms. The maximum Gasteiger partial charge on any atom is 0.306 e. The molecule has 2 aliphatic carbocycles. The lowest BCUT2D eigenvalue weighted by Gasteiger charge is -2.58. The molecule has 6 nitrogen and oxygen atoms in total. The van der Waals surface area contributed by atoms with E-state index in [1.54, 1.807) is 0 Å². The van der Waals surface area contributed by atoms with Crippen LogP contribution < -0.4 is 10.6 Å². The van der Waals surface area contributed by atoms with Crippen LogP contribution in [0.2, 0.25) is 0 Å². The van der Waals surface area contributed by atoms with Crippen LogP contribution in [0.15, 0.2) is 0 Å². The van der Waals surface area contributed by atoms with E-state index in [2.05, 4.69) is 52.2 Å². The summed E-state index contributed by atoms with van der Waals surface area (Å²) in [5.74, 6) is 0.764. The maximum atomic E-state index is 12.5. The van der Waals surface area contributed by atoms with Gasteiger partial charge in [-0.15, -0.1) is 0 Å². The van der Waals surface area contributed by atoms with E-state index in [0.29, 0.717) is 24.7 Å². The molecule has 2 N–H and O–H groups in total. The summed E-state index contributed by atoms with van der Waals surface area (Å²) in [7, 11) is 0. The lowest BCUT2D eigenvalue weighted by molar-refractivity contribution is -0.165. The highest BCUT2D eigenvalue weighted by molar-refractivity contribution is 5.70. The van der Waals surface area contributed by atoms with Crippen LogP contribution >= 0.6 is 0 Å². The van der Waals surface area contributed by atoms with Crippen molar-refractivity contribution in [3.05, 3.63) is 0 Å². The summed E-state index contributed by atoms with van der Waals surface area (Å²) in [4.78, 5) is 25.0. The topological polar surface area (TPSA) is 76.7 Å². The summed E-state index contributed by atoms with van der Waals surface area (Å²) in [6.07, 6.45) is 13.7. The average Bonchev–Trinajstić information content (AvgIpc) is 2.72. The Bertz CT molecular complexity index is 739. The Labute approximate surface area is 219 Å². The van der Waals surface area contributed by atoms with Gasteiger partial charge in [0.15, 0.2) is 0 Å². The standard InChI is InChI=1S/C30H52N2O4/c1-27(2)21-15-17-29(5,31-27)19-23(21)35-25(33)13-11-9-7-8-10-12-14-26(34)36-24-20-30(6)18-16-22(24)28(3,4)32-30/h21-24,31-32H,7-20H2,1-6H3. The second kappa shape index (κ2) is 10.6. The predicted octanol–water partition coefficient (Wildman–Crippen LogP) is 5.81. The first-order chi connectivity index (χ1) is 16.8. The molecule has 0 aromatic heterocycles. The van der Waals surface area contributed by atoms with Gasteiger partial charge in [0.1, 0.15) is 12.2 Å². The summed E-state index contributed by atoms with van der Waals surface area (Å²) in [5.41, 5.74) is 0.254. The number of fused-ring (bicyclic) bond motifs is 6. The average molecular weight is 505 g/mol. The summed E-state index contributed by atoms with van der Waals surface area (Å²) < 4.78 is 11.9. The molecule has 206 valence electrons. The number of carbonyl (C=O) groups is 2. The monoisotopic (exact) mass is 504 g/mol. The molecular weight excluding hydrogens is 452 g/mol. The van der Waals surface area contributed by atoms with E-state index in [9.17, 15) is 9.59 Å². The Hall–Kier alpha value is -1.14. The first kappa shape index (κ1) is 27.9. The van der Waals surface area contributed by atoms with Crippen LogP contribution in [0.1, 0.15) is 131 Å². The van der Waals surface area contributed by atoms with Crippen molar-refractivity contribution in [1.82, 2.24) is 10.6 Å². The minimum atomic E-state index is -0.0293. The number of ether oxygens (including phenoxy) is 2. The van der Waals surface area contributed by atoms with Crippen molar-refractivity contribution in [1.29, 1.82) is 0 Å². The molecule has 36 heavy (non-hydrogen) atoms. The van der Waals surface area contributed by atoms with Crippen LogP contribution in [0.3, 0.4) is 0 Å². The Morgan fingerprint density at radius 1 is 0.639 bits per heavy atom. The molecule has 6 atom stereocenters. The Morgan fingerprint density at radius 2 is 1.00 bits per heavy atom. The molecule has 4 aliphatic heterocycles. The third kappa shape index (κ3) is 6.46. The quantitative estimate of drug-likeness (QED) is 0.273. The van der Waals surface area contributed by atoms with Crippen LogP contribution in [-0.4, -0.2) is 46.3 Å². The molecule has 0 spiro atoms. The van der Waals surface area contributed by atoms with Crippen LogP contribution in [-0.2, 0) is 19.1 Å². The molecule has 2 saturated carbocycles. The van der Waals surface area contributed by atoms with Gasteiger partial charge in [-0.05, 0) is 80.1 Å². The van der Waals surface area contributed by atoms with E-state index in [-0.39, 0.29) is 46.3 Å². The van der Waals surface area contributed by atoms with Gasteiger partial charge in [0, 0.05) is 59.7 Å². The Morgan fingerprint density at radius 3 is 1.33 bits per heavy atom. The normalized spacial score (nSPS) is 38.1. The fraction of sp³-hybridized carbons (Fsp3) is 0.933. The molecule has 6 rings (SSSR count). The van der Waals surface area contributed by atoms with E-state index in [1.165, 1.54) is 12.8 Å². The van der Waals surface area contributed by atoms with Crippen LogP contribution in [0.4, 0.5) is 0 Å². The molecule has 6 heteroatoms. The van der Waals surface area contributed by atoms with Crippen molar-refractivity contribution in [2.24, 2.45) is 11.8 Å². The lowest BCUT2D eigenvalue weighted by atomic mass is 9.63. The second-order valence-corrected chi connectivity index (χ2v) is 14.2. The molecule has 0 aromatic rings. The van der Waals surface area contributed by atoms with Crippen LogP contribution in [0, 0.1) is 11.8 Å². The van der Waals surface area contributed by atoms with Crippen LogP contribution in [0.5, 0.6) is 0 Å². The summed E-state index contributed by atoms with van der Waals surface area (Å²) in [6.45, 7) is 13.5. The highest BCUT2D eigenvalue weighted by atomic mass is 16.5. The van der Waals surface area contributed by atoms with Gasteiger partial charge >= 0.3 is 11.9 Å². The third-order valence-corrected chi connectivity index (χ3v) is 9.89. The maximum absolute atomic E-state index is 12.5. The van der Waals surface area contributed by atoms with Crippen molar-refractivity contribution in [3.63, 3.8) is 0 Å². The van der Waals surface area contributed by atoms with E-state index in [1.807, 2.05) is 0 Å². The van der Waals surface area contributed by atoms with Gasteiger partial charge < -0.3 is 20.1 Å². The molecular formula is C30H52N2O4. The van der Waals surface area contributed by atoms with E-state index in [0.717, 1.165) is 64.2 Å². The number of piperidine rings is 4. The third-order valence-electron chi connectivity index (χ3n) is 9.89. The Kier molecular flexibility index (Phi) is 8.17. The Balaban J connectivity index is 1.04. The minimum Gasteiger partial charge on any atom is -0.462 e. The molecule has 6 unspecified atom stereocenters. The van der Waals surface area contributed by atoms with Gasteiger partial charge in [-0.3, -0.25) is 9.59 Å². The fourth-order valence-electron chi connectivity index (χ4n) is 8.26. The van der Waals surface area contributed by atoms with Gasteiger partial charge in [0.05, 0.1) is 0 Å². The fourth-order valence-corrected chi connectivity index (χ4v) is 8.26. The lowest BCUT2D eigenvalue weighted by Crippen LogP contribution is -2.69. The number of esters is 2. The largest absolute Gasteiger partial charge is 0.462 e.